The molecule has 0 aromatic carbocycles. The molecule has 1 amide bonds. The average molecular weight is 317 g/mol. The number of aromatic nitrogens is 1. The van der Waals surface area contributed by atoms with Gasteiger partial charge >= 0.3 is 0 Å². The number of hydrogen-bond acceptors (Lipinski definition) is 2. The van der Waals surface area contributed by atoms with Crippen LogP contribution in [0, 0.1) is 19.8 Å². The van der Waals surface area contributed by atoms with Gasteiger partial charge in [-0.15, -0.1) is 0 Å². The summed E-state index contributed by atoms with van der Waals surface area (Å²) in [6, 6.07) is 3.06. The van der Waals surface area contributed by atoms with Crippen LogP contribution < -0.4 is 5.32 Å². The van der Waals surface area contributed by atoms with Crippen LogP contribution in [0.5, 0.6) is 0 Å². The summed E-state index contributed by atoms with van der Waals surface area (Å²) in [6.45, 7) is 11.5. The fraction of sp³-hybridized carbons (Fsp3) is 0.737. The molecule has 2 fully saturated rings. The first-order valence-electron chi connectivity index (χ1n) is 9.18. The molecule has 0 bridgehead atoms. The molecule has 2 aliphatic rings. The highest BCUT2D eigenvalue weighted by molar-refractivity contribution is 5.95. The number of likely N-dealkylation sites (tertiary alicyclic amines) is 1. The third-order valence-electron chi connectivity index (χ3n) is 5.41. The molecule has 1 aromatic heterocycles. The zero-order chi connectivity index (χ0) is 16.6. The molecule has 128 valence electrons. The van der Waals surface area contributed by atoms with Crippen molar-refractivity contribution >= 4 is 5.91 Å². The van der Waals surface area contributed by atoms with E-state index in [-0.39, 0.29) is 5.91 Å². The van der Waals surface area contributed by atoms with Crippen LogP contribution in [0.3, 0.4) is 0 Å². The molecular weight excluding hydrogens is 286 g/mol. The van der Waals surface area contributed by atoms with Gasteiger partial charge in [0.05, 0.1) is 5.56 Å². The van der Waals surface area contributed by atoms with Crippen molar-refractivity contribution in [3.8, 4) is 0 Å². The van der Waals surface area contributed by atoms with Gasteiger partial charge in [-0.05, 0) is 71.9 Å². The van der Waals surface area contributed by atoms with Crippen molar-refractivity contribution in [3.63, 3.8) is 0 Å². The van der Waals surface area contributed by atoms with E-state index < -0.39 is 0 Å². The minimum absolute atomic E-state index is 0.214. The van der Waals surface area contributed by atoms with E-state index in [4.69, 9.17) is 0 Å². The molecule has 4 nitrogen and oxygen atoms in total. The minimum atomic E-state index is 0.214. The van der Waals surface area contributed by atoms with Crippen LogP contribution in [0.25, 0.3) is 0 Å². The number of nitrogens with one attached hydrogen (secondary N) is 1. The molecule has 0 unspecified atom stereocenters. The van der Waals surface area contributed by atoms with Gasteiger partial charge in [0.2, 0.25) is 0 Å². The van der Waals surface area contributed by atoms with E-state index in [1.54, 1.807) is 0 Å². The third-order valence-corrected chi connectivity index (χ3v) is 5.41. The summed E-state index contributed by atoms with van der Waals surface area (Å²) >= 11 is 0. The second kappa shape index (κ2) is 6.68. The molecule has 1 saturated carbocycles. The number of aryl methyl sites for hydroxylation is 1. The number of carbonyl (C=O) groups is 1. The summed E-state index contributed by atoms with van der Waals surface area (Å²) < 4.78 is 2.26. The van der Waals surface area contributed by atoms with E-state index in [9.17, 15) is 4.79 Å². The molecule has 23 heavy (non-hydrogen) atoms. The van der Waals surface area contributed by atoms with E-state index in [1.807, 2.05) is 4.90 Å². The maximum absolute atomic E-state index is 12.9. The Bertz CT molecular complexity index is 563. The Labute approximate surface area is 140 Å². The lowest BCUT2D eigenvalue weighted by Gasteiger charge is -2.32. The Morgan fingerprint density at radius 1 is 1.22 bits per heavy atom. The van der Waals surface area contributed by atoms with E-state index in [1.165, 1.54) is 25.1 Å². The fourth-order valence-electron chi connectivity index (χ4n) is 3.90. The van der Waals surface area contributed by atoms with Crippen LogP contribution in [0.15, 0.2) is 6.07 Å². The molecule has 0 radical (unpaired) electrons. The van der Waals surface area contributed by atoms with Crippen molar-refractivity contribution in [2.45, 2.75) is 65.5 Å². The summed E-state index contributed by atoms with van der Waals surface area (Å²) in [5.41, 5.74) is 3.18. The highest BCUT2D eigenvalue weighted by Gasteiger charge is 2.28. The van der Waals surface area contributed by atoms with E-state index >= 15 is 0 Å². The first-order chi connectivity index (χ1) is 11.0. The van der Waals surface area contributed by atoms with Crippen molar-refractivity contribution in [1.82, 2.24) is 14.8 Å². The van der Waals surface area contributed by atoms with Gasteiger partial charge in [-0.2, -0.15) is 0 Å². The first-order valence-corrected chi connectivity index (χ1v) is 9.18. The Kier molecular flexibility index (Phi) is 4.81. The number of nitrogens with zero attached hydrogens (tertiary/aromatic N) is 2. The van der Waals surface area contributed by atoms with E-state index in [0.29, 0.717) is 12.1 Å². The van der Waals surface area contributed by atoms with Gasteiger partial charge in [0, 0.05) is 36.6 Å². The Morgan fingerprint density at radius 2 is 1.87 bits per heavy atom. The molecule has 1 aromatic rings. The quantitative estimate of drug-likeness (QED) is 0.905. The highest BCUT2D eigenvalue weighted by Crippen LogP contribution is 2.28. The van der Waals surface area contributed by atoms with Crippen molar-refractivity contribution in [3.05, 3.63) is 23.0 Å². The fourth-order valence-corrected chi connectivity index (χ4v) is 3.90. The first kappa shape index (κ1) is 16.6. The summed E-state index contributed by atoms with van der Waals surface area (Å²) in [6.07, 6.45) is 4.97. The third kappa shape index (κ3) is 3.63. The minimum Gasteiger partial charge on any atom is -0.346 e. The summed E-state index contributed by atoms with van der Waals surface area (Å²) in [7, 11) is 0. The molecule has 2 heterocycles. The van der Waals surface area contributed by atoms with Crippen LogP contribution in [0.4, 0.5) is 0 Å². The number of carbonyl (C=O) groups excluding carboxylic acids is 1. The van der Waals surface area contributed by atoms with Gasteiger partial charge in [0.15, 0.2) is 0 Å². The maximum atomic E-state index is 12.9. The smallest absolute Gasteiger partial charge is 0.255 e. The van der Waals surface area contributed by atoms with Crippen LogP contribution in [0.2, 0.25) is 0 Å². The zero-order valence-electron chi connectivity index (χ0n) is 15.1. The number of rotatable bonds is 5. The molecule has 4 heteroatoms. The predicted octanol–water partition coefficient (Wildman–Crippen LogP) is 3.29. The van der Waals surface area contributed by atoms with Crippen molar-refractivity contribution in [1.29, 1.82) is 0 Å². The molecule has 1 saturated heterocycles. The second-order valence-corrected chi connectivity index (χ2v) is 7.67. The molecule has 3 rings (SSSR count). The predicted molar refractivity (Wildman–Crippen MR) is 93.9 cm³/mol. The van der Waals surface area contributed by atoms with Gasteiger partial charge in [-0.3, -0.25) is 4.79 Å². The Hall–Kier alpha value is -1.29. The number of amides is 1. The van der Waals surface area contributed by atoms with Gasteiger partial charge in [-0.25, -0.2) is 0 Å². The lowest BCUT2D eigenvalue weighted by atomic mass is 10.0. The average Bonchev–Trinajstić information content (AvgIpc) is 3.29. The van der Waals surface area contributed by atoms with Crippen LogP contribution in [-0.4, -0.2) is 41.1 Å². The summed E-state index contributed by atoms with van der Waals surface area (Å²) in [5.74, 6) is 1.14. The van der Waals surface area contributed by atoms with E-state index in [0.717, 1.165) is 43.1 Å². The van der Waals surface area contributed by atoms with Gasteiger partial charge in [-0.1, -0.05) is 0 Å². The lowest BCUT2D eigenvalue weighted by Crippen LogP contribution is -2.45. The summed E-state index contributed by atoms with van der Waals surface area (Å²) in [4.78, 5) is 14.9. The van der Waals surface area contributed by atoms with Gasteiger partial charge < -0.3 is 14.8 Å². The Balaban J connectivity index is 1.59. The normalized spacial score (nSPS) is 19.6. The molecule has 0 atom stereocenters. The standard InChI is InChI=1S/C19H31N3O/c1-13(2)22-14(3)11-18(15(22)4)19(23)21-9-7-17(8-10-21)20-12-16-5-6-16/h11,13,16-17,20H,5-10,12H2,1-4H3. The number of piperidine rings is 1. The molecule has 1 aliphatic carbocycles. The number of hydrogen-bond donors (Lipinski definition) is 1. The molecule has 1 N–H and O–H groups in total. The van der Waals surface area contributed by atoms with Crippen molar-refractivity contribution in [2.24, 2.45) is 5.92 Å². The zero-order valence-corrected chi connectivity index (χ0v) is 15.1. The molecule has 0 spiro atoms. The Morgan fingerprint density at radius 3 is 2.39 bits per heavy atom. The topological polar surface area (TPSA) is 37.3 Å². The monoisotopic (exact) mass is 317 g/mol. The molecular formula is C19H31N3O. The van der Waals surface area contributed by atoms with Crippen LogP contribution >= 0.6 is 0 Å². The van der Waals surface area contributed by atoms with Crippen LogP contribution in [-0.2, 0) is 0 Å². The maximum Gasteiger partial charge on any atom is 0.255 e. The van der Waals surface area contributed by atoms with Gasteiger partial charge in [0.1, 0.15) is 0 Å². The second-order valence-electron chi connectivity index (χ2n) is 7.67. The van der Waals surface area contributed by atoms with Gasteiger partial charge in [0.25, 0.3) is 5.91 Å². The van der Waals surface area contributed by atoms with Crippen molar-refractivity contribution in [2.75, 3.05) is 19.6 Å². The highest BCUT2D eigenvalue weighted by atomic mass is 16.2. The largest absolute Gasteiger partial charge is 0.346 e. The molecule has 1 aliphatic heterocycles. The summed E-state index contributed by atoms with van der Waals surface area (Å²) in [5, 5.41) is 3.68. The SMILES string of the molecule is Cc1cc(C(=O)N2CCC(NCC3CC3)CC2)c(C)n1C(C)C. The van der Waals surface area contributed by atoms with Crippen LogP contribution in [0.1, 0.15) is 67.3 Å². The van der Waals surface area contributed by atoms with Crippen molar-refractivity contribution < 1.29 is 4.79 Å². The van der Waals surface area contributed by atoms with E-state index in [2.05, 4.69) is 43.6 Å². The lowest BCUT2D eigenvalue weighted by molar-refractivity contribution is 0.0704.